The van der Waals surface area contributed by atoms with Crippen molar-refractivity contribution in [3.8, 4) is 6.07 Å². The highest BCUT2D eigenvalue weighted by molar-refractivity contribution is 5.24. The minimum atomic E-state index is 0.437. The molecule has 0 aliphatic heterocycles. The fourth-order valence-electron chi connectivity index (χ4n) is 0.873. The Kier molecular flexibility index (Phi) is 2.07. The zero-order valence-electron chi connectivity index (χ0n) is 6.33. The van der Waals surface area contributed by atoms with Gasteiger partial charge in [-0.1, -0.05) is 0 Å². The predicted octanol–water partition coefficient (Wildman–Crippen LogP) is 0.859. The van der Waals surface area contributed by atoms with E-state index in [1.165, 1.54) is 0 Å². The Hall–Kier alpha value is -1.56. The van der Waals surface area contributed by atoms with Crippen molar-refractivity contribution in [3.63, 3.8) is 0 Å². The van der Waals surface area contributed by atoms with E-state index in [-0.39, 0.29) is 0 Å². The zero-order valence-corrected chi connectivity index (χ0v) is 6.33. The van der Waals surface area contributed by atoms with Crippen molar-refractivity contribution in [1.29, 1.82) is 10.7 Å². The monoisotopic (exact) mass is 147 g/mol. The van der Waals surface area contributed by atoms with E-state index < -0.39 is 0 Å². The Morgan fingerprint density at radius 3 is 2.91 bits per heavy atom. The number of nitrogens with zero attached hydrogens (tertiary/aromatic N) is 2. The first-order valence-corrected chi connectivity index (χ1v) is 3.43. The fourth-order valence-corrected chi connectivity index (χ4v) is 0.873. The van der Waals surface area contributed by atoms with Crippen molar-refractivity contribution in [2.24, 2.45) is 0 Å². The molecule has 3 heteroatoms. The van der Waals surface area contributed by atoms with Gasteiger partial charge in [-0.3, -0.25) is 5.41 Å². The molecule has 0 atom stereocenters. The van der Waals surface area contributed by atoms with Gasteiger partial charge in [0.15, 0.2) is 0 Å². The SMILES string of the molecule is CCn1cc(C#N)ccc1=N. The molecule has 1 aromatic heterocycles. The van der Waals surface area contributed by atoms with Crippen LogP contribution < -0.4 is 5.49 Å². The maximum Gasteiger partial charge on any atom is 0.124 e. The molecular weight excluding hydrogens is 138 g/mol. The lowest BCUT2D eigenvalue weighted by atomic mass is 10.3. The molecule has 1 N–H and O–H groups in total. The van der Waals surface area contributed by atoms with Gasteiger partial charge in [-0.25, -0.2) is 0 Å². The maximum atomic E-state index is 8.52. The number of nitriles is 1. The van der Waals surface area contributed by atoms with Crippen molar-refractivity contribution < 1.29 is 0 Å². The molecule has 56 valence electrons. The van der Waals surface area contributed by atoms with Crippen LogP contribution in [0.25, 0.3) is 0 Å². The number of nitrogens with one attached hydrogen (secondary N) is 1. The van der Waals surface area contributed by atoms with Crippen molar-refractivity contribution >= 4 is 0 Å². The van der Waals surface area contributed by atoms with Crippen LogP contribution in [-0.4, -0.2) is 4.57 Å². The zero-order chi connectivity index (χ0) is 8.27. The summed E-state index contributed by atoms with van der Waals surface area (Å²) in [6.45, 7) is 2.67. The van der Waals surface area contributed by atoms with Gasteiger partial charge >= 0.3 is 0 Å². The number of aromatic nitrogens is 1. The van der Waals surface area contributed by atoms with Crippen LogP contribution in [0.4, 0.5) is 0 Å². The average Bonchev–Trinajstić information content (AvgIpc) is 2.05. The minimum Gasteiger partial charge on any atom is -0.332 e. The average molecular weight is 147 g/mol. The molecular formula is C8H9N3. The van der Waals surface area contributed by atoms with E-state index in [1.807, 2.05) is 13.0 Å². The summed E-state index contributed by atoms with van der Waals surface area (Å²) in [4.78, 5) is 0. The van der Waals surface area contributed by atoms with Gasteiger partial charge < -0.3 is 4.57 Å². The van der Waals surface area contributed by atoms with Gasteiger partial charge in [0.2, 0.25) is 0 Å². The molecule has 1 heterocycles. The molecule has 0 spiro atoms. The molecule has 0 aliphatic rings. The van der Waals surface area contributed by atoms with Gasteiger partial charge in [-0.05, 0) is 19.1 Å². The van der Waals surface area contributed by atoms with Crippen molar-refractivity contribution in [2.75, 3.05) is 0 Å². The van der Waals surface area contributed by atoms with Crippen LogP contribution in [0.1, 0.15) is 12.5 Å². The van der Waals surface area contributed by atoms with Crippen LogP contribution in [0.15, 0.2) is 18.3 Å². The van der Waals surface area contributed by atoms with Crippen LogP contribution in [0, 0.1) is 16.7 Å². The smallest absolute Gasteiger partial charge is 0.124 e. The number of hydrogen-bond donors (Lipinski definition) is 1. The van der Waals surface area contributed by atoms with Crippen LogP contribution in [-0.2, 0) is 6.54 Å². The summed E-state index contributed by atoms with van der Waals surface area (Å²) in [5.74, 6) is 0. The number of aryl methyl sites for hydroxylation is 1. The third-order valence-corrected chi connectivity index (χ3v) is 1.49. The second-order valence-electron chi connectivity index (χ2n) is 2.20. The van der Waals surface area contributed by atoms with Gasteiger partial charge in [0.1, 0.15) is 11.6 Å². The van der Waals surface area contributed by atoms with E-state index in [0.717, 1.165) is 6.54 Å². The second kappa shape index (κ2) is 3.02. The first-order chi connectivity index (χ1) is 5.27. The lowest BCUT2D eigenvalue weighted by Crippen LogP contribution is -2.17. The molecule has 0 unspecified atom stereocenters. The molecule has 11 heavy (non-hydrogen) atoms. The van der Waals surface area contributed by atoms with Crippen LogP contribution in [0.3, 0.4) is 0 Å². The summed E-state index contributed by atoms with van der Waals surface area (Å²) in [6.07, 6.45) is 1.68. The molecule has 0 amide bonds. The van der Waals surface area contributed by atoms with E-state index in [4.69, 9.17) is 10.7 Å². The third-order valence-electron chi connectivity index (χ3n) is 1.49. The molecule has 0 fully saturated rings. The summed E-state index contributed by atoms with van der Waals surface area (Å²) >= 11 is 0. The molecule has 0 aliphatic carbocycles. The Bertz CT molecular complexity index is 343. The van der Waals surface area contributed by atoms with Crippen LogP contribution >= 0.6 is 0 Å². The Labute approximate surface area is 65.0 Å². The molecule has 0 aromatic carbocycles. The van der Waals surface area contributed by atoms with E-state index in [9.17, 15) is 0 Å². The van der Waals surface area contributed by atoms with E-state index in [1.54, 1.807) is 22.9 Å². The minimum absolute atomic E-state index is 0.437. The topological polar surface area (TPSA) is 52.6 Å². The molecule has 0 radical (unpaired) electrons. The fraction of sp³-hybridized carbons (Fsp3) is 0.250. The van der Waals surface area contributed by atoms with Crippen molar-refractivity contribution in [3.05, 3.63) is 29.4 Å². The second-order valence-corrected chi connectivity index (χ2v) is 2.20. The molecule has 0 saturated carbocycles. The first kappa shape index (κ1) is 7.55. The van der Waals surface area contributed by atoms with E-state index >= 15 is 0 Å². The highest BCUT2D eigenvalue weighted by atomic mass is 15.0. The van der Waals surface area contributed by atoms with E-state index in [2.05, 4.69) is 0 Å². The first-order valence-electron chi connectivity index (χ1n) is 3.43. The summed E-state index contributed by atoms with van der Waals surface area (Å²) in [5.41, 5.74) is 1.04. The molecule has 3 nitrogen and oxygen atoms in total. The van der Waals surface area contributed by atoms with Gasteiger partial charge in [-0.15, -0.1) is 0 Å². The Morgan fingerprint density at radius 2 is 2.36 bits per heavy atom. The van der Waals surface area contributed by atoms with Gasteiger partial charge in [0, 0.05) is 12.7 Å². The van der Waals surface area contributed by atoms with Gasteiger partial charge in [0.05, 0.1) is 5.56 Å². The lowest BCUT2D eigenvalue weighted by molar-refractivity contribution is 0.701. The van der Waals surface area contributed by atoms with Crippen molar-refractivity contribution in [1.82, 2.24) is 4.57 Å². The number of hydrogen-bond acceptors (Lipinski definition) is 2. The van der Waals surface area contributed by atoms with Crippen LogP contribution in [0.2, 0.25) is 0 Å². The molecule has 1 aromatic rings. The summed E-state index contributed by atoms with van der Waals surface area (Å²) in [5, 5.41) is 15.9. The number of rotatable bonds is 1. The molecule has 1 rings (SSSR count). The number of pyridine rings is 1. The lowest BCUT2D eigenvalue weighted by Gasteiger charge is -2.01. The highest BCUT2D eigenvalue weighted by Crippen LogP contribution is 1.91. The van der Waals surface area contributed by atoms with Gasteiger partial charge in [0.25, 0.3) is 0 Å². The van der Waals surface area contributed by atoms with Crippen molar-refractivity contribution in [2.45, 2.75) is 13.5 Å². The van der Waals surface area contributed by atoms with Crippen LogP contribution in [0.5, 0.6) is 0 Å². The highest BCUT2D eigenvalue weighted by Gasteiger charge is 1.91. The quantitative estimate of drug-likeness (QED) is 0.629. The normalized spacial score (nSPS) is 9.09. The standard InChI is InChI=1S/C8H9N3/c1-2-11-6-7(5-9)3-4-8(11)10/h3-4,6,10H,2H2,1H3. The van der Waals surface area contributed by atoms with E-state index in [0.29, 0.717) is 11.1 Å². The molecule has 0 bridgehead atoms. The Morgan fingerprint density at radius 1 is 1.64 bits per heavy atom. The largest absolute Gasteiger partial charge is 0.332 e. The summed E-state index contributed by atoms with van der Waals surface area (Å²) in [7, 11) is 0. The maximum absolute atomic E-state index is 8.52. The molecule has 0 saturated heterocycles. The predicted molar refractivity (Wildman–Crippen MR) is 40.7 cm³/mol. The third kappa shape index (κ3) is 1.47. The van der Waals surface area contributed by atoms with Gasteiger partial charge in [-0.2, -0.15) is 5.26 Å². The Balaban J connectivity index is 3.26. The summed E-state index contributed by atoms with van der Waals surface area (Å²) in [6, 6.07) is 5.30. The summed E-state index contributed by atoms with van der Waals surface area (Å²) < 4.78 is 1.72.